The lowest BCUT2D eigenvalue weighted by Crippen LogP contribution is -2.72. The van der Waals surface area contributed by atoms with Gasteiger partial charge in [-0.05, 0) is 24.2 Å². The van der Waals surface area contributed by atoms with Gasteiger partial charge in [-0.15, -0.1) is 0 Å². The highest BCUT2D eigenvalue weighted by Crippen LogP contribution is 2.38. The second kappa shape index (κ2) is 5.62. The van der Waals surface area contributed by atoms with E-state index in [9.17, 15) is 9.59 Å². The van der Waals surface area contributed by atoms with E-state index < -0.39 is 5.54 Å². The second-order valence-electron chi connectivity index (χ2n) is 8.02. The van der Waals surface area contributed by atoms with Crippen LogP contribution in [0.1, 0.15) is 66.7 Å². The van der Waals surface area contributed by atoms with Crippen LogP contribution in [0.2, 0.25) is 0 Å². The van der Waals surface area contributed by atoms with Crippen molar-refractivity contribution in [2.75, 3.05) is 6.54 Å². The van der Waals surface area contributed by atoms with Gasteiger partial charge in [-0.25, -0.2) is 0 Å². The predicted octanol–water partition coefficient (Wildman–Crippen LogP) is 2.72. The molecule has 2 fully saturated rings. The lowest BCUT2D eigenvalue weighted by atomic mass is 9.79. The summed E-state index contributed by atoms with van der Waals surface area (Å²) in [5.41, 5.74) is -0.848. The molecule has 21 heavy (non-hydrogen) atoms. The highest BCUT2D eigenvalue weighted by molar-refractivity contribution is 6.00. The molecule has 1 aliphatic heterocycles. The summed E-state index contributed by atoms with van der Waals surface area (Å²) < 4.78 is 0. The zero-order valence-electron chi connectivity index (χ0n) is 14.2. The number of rotatable bonds is 3. The Hall–Kier alpha value is -1.06. The van der Waals surface area contributed by atoms with E-state index in [2.05, 4.69) is 19.2 Å². The number of carbonyl (C=O) groups is 2. The molecule has 120 valence electrons. The molecule has 2 unspecified atom stereocenters. The van der Waals surface area contributed by atoms with E-state index in [1.807, 2.05) is 25.7 Å². The summed E-state index contributed by atoms with van der Waals surface area (Å²) in [5.74, 6) is 0.607. The molecule has 1 saturated carbocycles. The number of piperazine rings is 1. The average molecular weight is 294 g/mol. The molecule has 2 rings (SSSR count). The van der Waals surface area contributed by atoms with Gasteiger partial charge in [0.05, 0.1) is 0 Å². The van der Waals surface area contributed by atoms with Crippen molar-refractivity contribution in [2.45, 2.75) is 78.3 Å². The smallest absolute Gasteiger partial charge is 0.249 e. The fourth-order valence-corrected chi connectivity index (χ4v) is 3.72. The highest BCUT2D eigenvalue weighted by atomic mass is 16.2. The van der Waals surface area contributed by atoms with E-state index in [-0.39, 0.29) is 23.3 Å². The monoisotopic (exact) mass is 294 g/mol. The average Bonchev–Trinajstić information content (AvgIpc) is 2.83. The molecule has 2 amide bonds. The van der Waals surface area contributed by atoms with Crippen molar-refractivity contribution in [3.8, 4) is 0 Å². The molecule has 0 radical (unpaired) electrons. The van der Waals surface area contributed by atoms with Gasteiger partial charge in [-0.2, -0.15) is 0 Å². The SMILES string of the molecule is CCC(C)CN1C(=O)C2(CCCC2)NC(=O)C1C(C)(C)C. The largest absolute Gasteiger partial charge is 0.340 e. The topological polar surface area (TPSA) is 49.4 Å². The summed E-state index contributed by atoms with van der Waals surface area (Å²) in [6.07, 6.45) is 4.68. The number of amides is 2. The van der Waals surface area contributed by atoms with E-state index in [4.69, 9.17) is 0 Å². The van der Waals surface area contributed by atoms with Crippen LogP contribution in [-0.4, -0.2) is 34.8 Å². The minimum absolute atomic E-state index is 0.0345. The number of hydrogen-bond donors (Lipinski definition) is 1. The van der Waals surface area contributed by atoms with Crippen LogP contribution in [0.5, 0.6) is 0 Å². The first-order valence-corrected chi connectivity index (χ1v) is 8.34. The maximum atomic E-state index is 13.1. The van der Waals surface area contributed by atoms with Gasteiger partial charge in [-0.3, -0.25) is 9.59 Å². The van der Waals surface area contributed by atoms with Gasteiger partial charge in [0.2, 0.25) is 11.8 Å². The maximum Gasteiger partial charge on any atom is 0.249 e. The summed E-state index contributed by atoms with van der Waals surface area (Å²) in [4.78, 5) is 27.7. The zero-order chi connectivity index (χ0) is 15.8. The Bertz CT molecular complexity index is 419. The predicted molar refractivity (Wildman–Crippen MR) is 83.8 cm³/mol. The molecule has 0 bridgehead atoms. The van der Waals surface area contributed by atoms with E-state index in [0.29, 0.717) is 12.5 Å². The highest BCUT2D eigenvalue weighted by Gasteiger charge is 2.54. The molecule has 4 heteroatoms. The Balaban J connectivity index is 2.34. The number of hydrogen-bond acceptors (Lipinski definition) is 2. The van der Waals surface area contributed by atoms with Gasteiger partial charge < -0.3 is 10.2 Å². The molecular weight excluding hydrogens is 264 g/mol. The normalized spacial score (nSPS) is 27.1. The lowest BCUT2D eigenvalue weighted by Gasteiger charge is -2.49. The third-order valence-corrected chi connectivity index (χ3v) is 5.08. The first kappa shape index (κ1) is 16.3. The molecule has 1 N–H and O–H groups in total. The summed E-state index contributed by atoms with van der Waals surface area (Å²) >= 11 is 0. The Morgan fingerprint density at radius 2 is 1.86 bits per heavy atom. The van der Waals surface area contributed by atoms with Crippen LogP contribution >= 0.6 is 0 Å². The summed E-state index contributed by atoms with van der Waals surface area (Å²) in [7, 11) is 0. The first-order valence-electron chi connectivity index (χ1n) is 8.34. The van der Waals surface area contributed by atoms with Crippen molar-refractivity contribution >= 4 is 11.8 Å². The van der Waals surface area contributed by atoms with Crippen LogP contribution in [0, 0.1) is 11.3 Å². The van der Waals surface area contributed by atoms with Gasteiger partial charge in [-0.1, -0.05) is 53.9 Å². The van der Waals surface area contributed by atoms with E-state index >= 15 is 0 Å². The van der Waals surface area contributed by atoms with Crippen LogP contribution in [0.3, 0.4) is 0 Å². The minimum Gasteiger partial charge on any atom is -0.340 e. The summed E-state index contributed by atoms with van der Waals surface area (Å²) in [5, 5.41) is 3.09. The molecule has 1 saturated heterocycles. The standard InChI is InChI=1S/C17H30N2O2/c1-6-12(2)11-19-13(16(3,4)5)14(20)18-17(15(19)21)9-7-8-10-17/h12-13H,6-11H2,1-5H3,(H,18,20). The van der Waals surface area contributed by atoms with Crippen molar-refractivity contribution in [3.63, 3.8) is 0 Å². The van der Waals surface area contributed by atoms with Crippen molar-refractivity contribution in [3.05, 3.63) is 0 Å². The van der Waals surface area contributed by atoms with E-state index in [1.165, 1.54) is 0 Å². The molecule has 1 aliphatic carbocycles. The van der Waals surface area contributed by atoms with E-state index in [1.54, 1.807) is 0 Å². The Morgan fingerprint density at radius 1 is 1.29 bits per heavy atom. The van der Waals surface area contributed by atoms with Gasteiger partial charge in [0.25, 0.3) is 0 Å². The molecule has 0 aromatic rings. The minimum atomic E-state index is -0.605. The number of nitrogens with one attached hydrogen (secondary N) is 1. The third kappa shape index (κ3) is 2.95. The molecule has 2 aliphatic rings. The lowest BCUT2D eigenvalue weighted by molar-refractivity contribution is -0.160. The number of carbonyl (C=O) groups excluding carboxylic acids is 2. The van der Waals surface area contributed by atoms with Crippen LogP contribution in [0.4, 0.5) is 0 Å². The maximum absolute atomic E-state index is 13.1. The van der Waals surface area contributed by atoms with Crippen LogP contribution in [-0.2, 0) is 9.59 Å². The van der Waals surface area contributed by atoms with Crippen LogP contribution < -0.4 is 5.32 Å². The van der Waals surface area contributed by atoms with Crippen molar-refractivity contribution in [2.24, 2.45) is 11.3 Å². The molecule has 0 aromatic carbocycles. The van der Waals surface area contributed by atoms with Gasteiger partial charge in [0.1, 0.15) is 11.6 Å². The number of nitrogens with zero attached hydrogens (tertiary/aromatic N) is 1. The van der Waals surface area contributed by atoms with Crippen molar-refractivity contribution in [1.29, 1.82) is 0 Å². The molecule has 4 nitrogen and oxygen atoms in total. The van der Waals surface area contributed by atoms with Crippen LogP contribution in [0.15, 0.2) is 0 Å². The van der Waals surface area contributed by atoms with Gasteiger partial charge >= 0.3 is 0 Å². The Kier molecular flexibility index (Phi) is 4.36. The van der Waals surface area contributed by atoms with E-state index in [0.717, 1.165) is 32.1 Å². The first-order chi connectivity index (χ1) is 9.71. The fourth-order valence-electron chi connectivity index (χ4n) is 3.72. The van der Waals surface area contributed by atoms with Gasteiger partial charge in [0.15, 0.2) is 0 Å². The Labute approximate surface area is 128 Å². The summed E-state index contributed by atoms with van der Waals surface area (Å²) in [6, 6.07) is -0.356. The summed E-state index contributed by atoms with van der Waals surface area (Å²) in [6.45, 7) is 11.1. The molecule has 0 aromatic heterocycles. The van der Waals surface area contributed by atoms with Crippen LogP contribution in [0.25, 0.3) is 0 Å². The van der Waals surface area contributed by atoms with Crippen molar-refractivity contribution in [1.82, 2.24) is 10.2 Å². The molecular formula is C17H30N2O2. The fraction of sp³-hybridized carbons (Fsp3) is 0.882. The Morgan fingerprint density at radius 3 is 2.33 bits per heavy atom. The molecule has 2 atom stereocenters. The molecule has 1 heterocycles. The second-order valence-corrected chi connectivity index (χ2v) is 8.02. The third-order valence-electron chi connectivity index (χ3n) is 5.08. The molecule has 1 spiro atoms. The van der Waals surface area contributed by atoms with Gasteiger partial charge in [0, 0.05) is 6.54 Å². The van der Waals surface area contributed by atoms with Crippen molar-refractivity contribution < 1.29 is 9.59 Å². The zero-order valence-corrected chi connectivity index (χ0v) is 14.2. The quantitative estimate of drug-likeness (QED) is 0.870.